The van der Waals surface area contributed by atoms with Crippen LogP contribution in [0.15, 0.2) is 170 Å². The highest BCUT2D eigenvalue weighted by molar-refractivity contribution is 7.25. The van der Waals surface area contributed by atoms with Gasteiger partial charge in [0, 0.05) is 53.9 Å². The van der Waals surface area contributed by atoms with E-state index < -0.39 is 0 Å². The molecule has 2 heterocycles. The van der Waals surface area contributed by atoms with Crippen molar-refractivity contribution >= 4 is 87.2 Å². The fraction of sp³-hybridized carbons (Fsp3) is 0. The summed E-state index contributed by atoms with van der Waals surface area (Å²) < 4.78 is 2.63. The number of nitrogens with zero attached hydrogens (tertiary/aromatic N) is 2. The minimum Gasteiger partial charge on any atom is -0.310 e. The monoisotopic (exact) mass is 616 g/mol. The summed E-state index contributed by atoms with van der Waals surface area (Å²) in [4.78, 5) is 4.81. The minimum atomic E-state index is 1.12. The van der Waals surface area contributed by atoms with Gasteiger partial charge in [-0.1, -0.05) is 91.0 Å². The van der Waals surface area contributed by atoms with E-state index in [9.17, 15) is 0 Å². The van der Waals surface area contributed by atoms with E-state index in [-0.39, 0.29) is 0 Å². The summed E-state index contributed by atoms with van der Waals surface area (Å²) in [7, 11) is 0. The van der Waals surface area contributed by atoms with Crippen LogP contribution in [-0.2, 0) is 0 Å². The molecule has 0 N–H and O–H groups in total. The van der Waals surface area contributed by atoms with Crippen LogP contribution in [0.2, 0.25) is 0 Å². The standard InChI is InChI=1S/C44H28N2S/c1-2-14-32(15-3-1)45(35-24-25-43-39(28-35)36-16-6-7-19-42(36)47-43)33-20-22-34(23-21-33)46-40-18-9-13-29-12-8-17-37(44(29)40)38-26-30-10-4-5-11-31(30)27-41(38)46/h1-28H. The molecule has 2 nitrogen and oxygen atoms in total. The Balaban J connectivity index is 1.15. The quantitative estimate of drug-likeness (QED) is 0.194. The molecule has 1 aliphatic heterocycles. The molecule has 1 aromatic heterocycles. The summed E-state index contributed by atoms with van der Waals surface area (Å²) in [6.07, 6.45) is 0. The van der Waals surface area contributed by atoms with E-state index in [1.165, 1.54) is 64.2 Å². The van der Waals surface area contributed by atoms with Gasteiger partial charge in [0.1, 0.15) is 0 Å². The maximum absolute atomic E-state index is 2.44. The molecule has 0 aliphatic carbocycles. The van der Waals surface area contributed by atoms with Crippen molar-refractivity contribution in [1.82, 2.24) is 0 Å². The number of para-hydroxylation sites is 1. The zero-order valence-corrected chi connectivity index (χ0v) is 26.3. The molecule has 8 aromatic carbocycles. The van der Waals surface area contributed by atoms with Gasteiger partial charge in [-0.15, -0.1) is 11.3 Å². The summed E-state index contributed by atoms with van der Waals surface area (Å²) in [5.74, 6) is 0. The number of rotatable bonds is 4. The molecular weight excluding hydrogens is 589 g/mol. The lowest BCUT2D eigenvalue weighted by Gasteiger charge is -2.34. The van der Waals surface area contributed by atoms with Crippen LogP contribution in [-0.4, -0.2) is 0 Å². The van der Waals surface area contributed by atoms with E-state index in [1.807, 2.05) is 11.3 Å². The Morgan fingerprint density at radius 1 is 0.404 bits per heavy atom. The van der Waals surface area contributed by atoms with Crippen molar-refractivity contribution in [3.05, 3.63) is 170 Å². The smallest absolute Gasteiger partial charge is 0.0546 e. The predicted molar refractivity (Wildman–Crippen MR) is 203 cm³/mol. The molecule has 47 heavy (non-hydrogen) atoms. The van der Waals surface area contributed by atoms with Crippen LogP contribution < -0.4 is 9.80 Å². The zero-order chi connectivity index (χ0) is 30.9. The Bertz CT molecular complexity index is 2630. The van der Waals surface area contributed by atoms with Gasteiger partial charge in [-0.05, 0) is 101 Å². The second-order valence-electron chi connectivity index (χ2n) is 12.2. The summed E-state index contributed by atoms with van der Waals surface area (Å²) >= 11 is 1.86. The van der Waals surface area contributed by atoms with Crippen molar-refractivity contribution in [3.8, 4) is 11.1 Å². The van der Waals surface area contributed by atoms with Crippen molar-refractivity contribution in [3.63, 3.8) is 0 Å². The lowest BCUT2D eigenvalue weighted by molar-refractivity contribution is 1.26. The highest BCUT2D eigenvalue weighted by Gasteiger charge is 2.26. The second-order valence-corrected chi connectivity index (χ2v) is 13.3. The molecular formula is C44H28N2S. The van der Waals surface area contributed by atoms with E-state index >= 15 is 0 Å². The molecule has 0 saturated carbocycles. The first-order valence-electron chi connectivity index (χ1n) is 16.0. The molecule has 10 rings (SSSR count). The number of fused-ring (bicyclic) bond motifs is 6. The first-order chi connectivity index (χ1) is 23.3. The van der Waals surface area contributed by atoms with Crippen molar-refractivity contribution < 1.29 is 0 Å². The summed E-state index contributed by atoms with van der Waals surface area (Å²) in [5.41, 5.74) is 9.51. The fourth-order valence-corrected chi connectivity index (χ4v) is 8.48. The lowest BCUT2D eigenvalue weighted by atomic mass is 9.89. The fourth-order valence-electron chi connectivity index (χ4n) is 7.40. The highest BCUT2D eigenvalue weighted by Crippen LogP contribution is 2.52. The normalized spacial score (nSPS) is 12.2. The van der Waals surface area contributed by atoms with Crippen LogP contribution in [0.25, 0.3) is 52.8 Å². The first-order valence-corrected chi connectivity index (χ1v) is 16.8. The maximum Gasteiger partial charge on any atom is 0.0546 e. The molecule has 0 amide bonds. The third-order valence-electron chi connectivity index (χ3n) is 9.52. The lowest BCUT2D eigenvalue weighted by Crippen LogP contribution is -2.15. The largest absolute Gasteiger partial charge is 0.310 e. The van der Waals surface area contributed by atoms with E-state index in [2.05, 4.69) is 180 Å². The van der Waals surface area contributed by atoms with Crippen LogP contribution in [0.3, 0.4) is 0 Å². The Kier molecular flexibility index (Phi) is 5.78. The van der Waals surface area contributed by atoms with Gasteiger partial charge < -0.3 is 9.80 Å². The van der Waals surface area contributed by atoms with E-state index in [1.54, 1.807) is 0 Å². The molecule has 0 bridgehead atoms. The van der Waals surface area contributed by atoms with Gasteiger partial charge in [0.15, 0.2) is 0 Å². The van der Waals surface area contributed by atoms with Crippen LogP contribution in [0.1, 0.15) is 0 Å². The third kappa shape index (κ3) is 4.10. The number of benzene rings is 8. The zero-order valence-electron chi connectivity index (χ0n) is 25.5. The highest BCUT2D eigenvalue weighted by atomic mass is 32.1. The predicted octanol–water partition coefficient (Wildman–Crippen LogP) is 13.3. The average Bonchev–Trinajstić information content (AvgIpc) is 3.50. The Hall–Kier alpha value is -5.90. The number of thiophene rings is 1. The van der Waals surface area contributed by atoms with Crippen LogP contribution >= 0.6 is 11.3 Å². The van der Waals surface area contributed by atoms with E-state index in [0.717, 1.165) is 22.7 Å². The van der Waals surface area contributed by atoms with Crippen molar-refractivity contribution in [2.45, 2.75) is 0 Å². The van der Waals surface area contributed by atoms with E-state index in [0.29, 0.717) is 0 Å². The summed E-state index contributed by atoms with van der Waals surface area (Å²) in [6.45, 7) is 0. The van der Waals surface area contributed by atoms with Crippen molar-refractivity contribution in [2.75, 3.05) is 9.80 Å². The average molecular weight is 617 g/mol. The molecule has 0 unspecified atom stereocenters. The molecule has 220 valence electrons. The van der Waals surface area contributed by atoms with Gasteiger partial charge in [-0.3, -0.25) is 0 Å². The third-order valence-corrected chi connectivity index (χ3v) is 10.7. The van der Waals surface area contributed by atoms with Crippen LogP contribution in [0, 0.1) is 0 Å². The second kappa shape index (κ2) is 10.3. The molecule has 0 radical (unpaired) electrons. The van der Waals surface area contributed by atoms with Crippen molar-refractivity contribution in [2.24, 2.45) is 0 Å². The Morgan fingerprint density at radius 2 is 1.06 bits per heavy atom. The maximum atomic E-state index is 2.44. The van der Waals surface area contributed by atoms with Gasteiger partial charge in [-0.25, -0.2) is 0 Å². The minimum absolute atomic E-state index is 1.12. The SMILES string of the molecule is c1ccc(N(c2ccc(N3c4cc5ccccc5cc4-c4cccc5cccc3c45)cc2)c2ccc3sc4ccccc4c3c2)cc1. The topological polar surface area (TPSA) is 6.48 Å². The first kappa shape index (κ1) is 26.3. The van der Waals surface area contributed by atoms with Crippen LogP contribution in [0.5, 0.6) is 0 Å². The molecule has 3 heteroatoms. The van der Waals surface area contributed by atoms with Gasteiger partial charge in [0.05, 0.1) is 11.4 Å². The summed E-state index contributed by atoms with van der Waals surface area (Å²) in [5, 5.41) is 7.65. The van der Waals surface area contributed by atoms with Crippen LogP contribution in [0.4, 0.5) is 34.1 Å². The molecule has 0 saturated heterocycles. The van der Waals surface area contributed by atoms with Crippen molar-refractivity contribution in [1.29, 1.82) is 0 Å². The molecule has 0 atom stereocenters. The van der Waals surface area contributed by atoms with Gasteiger partial charge >= 0.3 is 0 Å². The number of hydrogen-bond acceptors (Lipinski definition) is 3. The van der Waals surface area contributed by atoms with E-state index in [4.69, 9.17) is 0 Å². The van der Waals surface area contributed by atoms with Gasteiger partial charge in [0.2, 0.25) is 0 Å². The molecule has 0 fully saturated rings. The van der Waals surface area contributed by atoms with Gasteiger partial charge in [-0.2, -0.15) is 0 Å². The molecule has 9 aromatic rings. The number of hydrogen-bond donors (Lipinski definition) is 0. The molecule has 0 spiro atoms. The van der Waals surface area contributed by atoms with Gasteiger partial charge in [0.25, 0.3) is 0 Å². The Labute approximate surface area is 277 Å². The number of anilines is 6. The Morgan fingerprint density at radius 3 is 1.91 bits per heavy atom. The molecule has 1 aliphatic rings. The summed E-state index contributed by atoms with van der Waals surface area (Å²) in [6, 6.07) is 62.0.